The van der Waals surface area contributed by atoms with Gasteiger partial charge in [-0.25, -0.2) is 0 Å². The Kier molecular flexibility index (Phi) is 3.51. The van der Waals surface area contributed by atoms with Crippen LogP contribution >= 0.6 is 15.9 Å². The summed E-state index contributed by atoms with van der Waals surface area (Å²) in [6, 6.07) is 4.16. The normalized spacial score (nSPS) is 15.8. The standard InChI is InChI=1S/C11H11BrF3NO/c12-9-4-3-8(17-11(13,14)15)5-10(9)16-6-7-1-2-7/h3-5,7,16H,1-2,6H2. The van der Waals surface area contributed by atoms with Crippen molar-refractivity contribution in [3.63, 3.8) is 0 Å². The van der Waals surface area contributed by atoms with Crippen LogP contribution in [0.1, 0.15) is 12.8 Å². The Bertz CT molecular complexity index is 404. The second-order valence-corrected chi connectivity index (χ2v) is 4.87. The van der Waals surface area contributed by atoms with Crippen LogP contribution in [0.3, 0.4) is 0 Å². The quantitative estimate of drug-likeness (QED) is 0.901. The Morgan fingerprint density at radius 1 is 1.35 bits per heavy atom. The lowest BCUT2D eigenvalue weighted by atomic mass is 10.3. The van der Waals surface area contributed by atoms with Crippen LogP contribution in [0.2, 0.25) is 0 Å². The van der Waals surface area contributed by atoms with Crippen LogP contribution in [0.4, 0.5) is 18.9 Å². The highest BCUT2D eigenvalue weighted by Gasteiger charge is 2.31. The van der Waals surface area contributed by atoms with E-state index in [9.17, 15) is 13.2 Å². The van der Waals surface area contributed by atoms with Crippen molar-refractivity contribution in [3.05, 3.63) is 22.7 Å². The number of hydrogen-bond acceptors (Lipinski definition) is 2. The molecule has 1 N–H and O–H groups in total. The zero-order valence-corrected chi connectivity index (χ0v) is 10.4. The van der Waals surface area contributed by atoms with Gasteiger partial charge in [-0.2, -0.15) is 0 Å². The van der Waals surface area contributed by atoms with Crippen molar-refractivity contribution in [1.82, 2.24) is 0 Å². The number of halogens is 4. The molecule has 2 nitrogen and oxygen atoms in total. The molecule has 0 spiro atoms. The Morgan fingerprint density at radius 3 is 2.65 bits per heavy atom. The van der Waals surface area contributed by atoms with Gasteiger partial charge in [-0.05, 0) is 46.8 Å². The molecule has 0 bridgehead atoms. The highest BCUT2D eigenvalue weighted by molar-refractivity contribution is 9.10. The van der Waals surface area contributed by atoms with E-state index < -0.39 is 6.36 Å². The number of ether oxygens (including phenoxy) is 1. The summed E-state index contributed by atoms with van der Waals surface area (Å²) in [5.41, 5.74) is 0.624. The molecule has 2 rings (SSSR count). The first-order chi connectivity index (χ1) is 7.94. The molecule has 0 aliphatic heterocycles. The molecule has 1 aromatic carbocycles. The minimum atomic E-state index is -4.65. The molecule has 0 saturated heterocycles. The van der Waals surface area contributed by atoms with Gasteiger partial charge in [-0.15, -0.1) is 13.2 Å². The average Bonchev–Trinajstić information content (AvgIpc) is 3.00. The smallest absolute Gasteiger partial charge is 0.406 e. The molecule has 94 valence electrons. The number of rotatable bonds is 4. The maximum atomic E-state index is 12.0. The molecule has 17 heavy (non-hydrogen) atoms. The van der Waals surface area contributed by atoms with E-state index in [1.54, 1.807) is 0 Å². The lowest BCUT2D eigenvalue weighted by Crippen LogP contribution is -2.17. The van der Waals surface area contributed by atoms with E-state index in [2.05, 4.69) is 26.0 Å². The molecule has 0 radical (unpaired) electrons. The maximum Gasteiger partial charge on any atom is 0.573 e. The van der Waals surface area contributed by atoms with Crippen LogP contribution in [0.5, 0.6) is 5.75 Å². The predicted molar refractivity (Wildman–Crippen MR) is 62.0 cm³/mol. The summed E-state index contributed by atoms with van der Waals surface area (Å²) >= 11 is 3.28. The van der Waals surface area contributed by atoms with Gasteiger partial charge in [-0.1, -0.05) is 0 Å². The van der Waals surface area contributed by atoms with Gasteiger partial charge in [0, 0.05) is 17.1 Å². The third-order valence-electron chi connectivity index (χ3n) is 2.45. The van der Waals surface area contributed by atoms with Crippen molar-refractivity contribution in [2.24, 2.45) is 5.92 Å². The van der Waals surface area contributed by atoms with Gasteiger partial charge in [0.2, 0.25) is 0 Å². The highest BCUT2D eigenvalue weighted by Crippen LogP contribution is 2.33. The summed E-state index contributed by atoms with van der Waals surface area (Å²) in [5.74, 6) is 0.438. The fourth-order valence-corrected chi connectivity index (χ4v) is 1.80. The van der Waals surface area contributed by atoms with Crippen LogP contribution in [0, 0.1) is 5.92 Å². The third kappa shape index (κ3) is 4.11. The second kappa shape index (κ2) is 4.76. The summed E-state index contributed by atoms with van der Waals surface area (Å²) in [4.78, 5) is 0. The van der Waals surface area contributed by atoms with E-state index >= 15 is 0 Å². The van der Waals surface area contributed by atoms with Crippen LogP contribution < -0.4 is 10.1 Å². The molecule has 0 heterocycles. The largest absolute Gasteiger partial charge is 0.573 e. The number of nitrogens with one attached hydrogen (secondary N) is 1. The molecule has 6 heteroatoms. The van der Waals surface area contributed by atoms with Crippen LogP contribution in [-0.4, -0.2) is 12.9 Å². The average molecular weight is 310 g/mol. The molecule has 1 aliphatic carbocycles. The minimum absolute atomic E-state index is 0.209. The lowest BCUT2D eigenvalue weighted by molar-refractivity contribution is -0.274. The van der Waals surface area contributed by atoms with Gasteiger partial charge >= 0.3 is 6.36 Å². The molecule has 0 amide bonds. The second-order valence-electron chi connectivity index (χ2n) is 4.01. The fraction of sp³-hybridized carbons (Fsp3) is 0.455. The number of anilines is 1. The van der Waals surface area contributed by atoms with Gasteiger partial charge in [0.1, 0.15) is 5.75 Å². The number of benzene rings is 1. The van der Waals surface area contributed by atoms with Gasteiger partial charge in [0.05, 0.1) is 5.69 Å². The van der Waals surface area contributed by atoms with Gasteiger partial charge < -0.3 is 10.1 Å². The van der Waals surface area contributed by atoms with Gasteiger partial charge in [-0.3, -0.25) is 0 Å². The van der Waals surface area contributed by atoms with Gasteiger partial charge in [0.25, 0.3) is 0 Å². The van der Waals surface area contributed by atoms with Crippen LogP contribution in [0.15, 0.2) is 22.7 Å². The first-order valence-electron chi connectivity index (χ1n) is 5.23. The van der Waals surface area contributed by atoms with Crippen molar-refractivity contribution < 1.29 is 17.9 Å². The molecule has 0 unspecified atom stereocenters. The minimum Gasteiger partial charge on any atom is -0.406 e. The fourth-order valence-electron chi connectivity index (χ4n) is 1.41. The SMILES string of the molecule is FC(F)(F)Oc1ccc(Br)c(NCC2CC2)c1. The predicted octanol–water partition coefficient (Wildman–Crippen LogP) is 4.17. The summed E-state index contributed by atoms with van der Waals surface area (Å²) in [6.45, 7) is 0.786. The Labute approximate surface area is 105 Å². The molecule has 1 aromatic rings. The Hall–Kier alpha value is -0.910. The van der Waals surface area contributed by atoms with E-state index in [1.165, 1.54) is 31.0 Å². The van der Waals surface area contributed by atoms with E-state index in [4.69, 9.17) is 0 Å². The maximum absolute atomic E-state index is 12.0. The van der Waals surface area contributed by atoms with Crippen LogP contribution in [-0.2, 0) is 0 Å². The summed E-state index contributed by atoms with van der Waals surface area (Å²) < 4.78 is 40.7. The van der Waals surface area contributed by atoms with E-state index in [-0.39, 0.29) is 5.75 Å². The first-order valence-corrected chi connectivity index (χ1v) is 6.02. The number of alkyl halides is 3. The van der Waals surface area contributed by atoms with E-state index in [0.717, 1.165) is 11.0 Å². The molecular formula is C11H11BrF3NO. The Balaban J connectivity index is 2.05. The molecule has 0 aromatic heterocycles. The lowest BCUT2D eigenvalue weighted by Gasteiger charge is -2.12. The summed E-state index contributed by atoms with van der Waals surface area (Å²) in [5, 5.41) is 3.11. The molecule has 1 fully saturated rings. The number of hydrogen-bond donors (Lipinski definition) is 1. The molecule has 0 atom stereocenters. The van der Waals surface area contributed by atoms with Crippen molar-refractivity contribution in [2.45, 2.75) is 19.2 Å². The summed E-state index contributed by atoms with van der Waals surface area (Å²) in [6.07, 6.45) is -2.28. The van der Waals surface area contributed by atoms with Crippen molar-refractivity contribution >= 4 is 21.6 Å². The molecular weight excluding hydrogens is 299 g/mol. The van der Waals surface area contributed by atoms with E-state index in [0.29, 0.717) is 11.6 Å². The van der Waals surface area contributed by atoms with Gasteiger partial charge in [0.15, 0.2) is 0 Å². The first kappa shape index (κ1) is 12.5. The van der Waals surface area contributed by atoms with Crippen molar-refractivity contribution in [1.29, 1.82) is 0 Å². The molecule has 1 saturated carbocycles. The summed E-state index contributed by atoms with van der Waals surface area (Å²) in [7, 11) is 0. The van der Waals surface area contributed by atoms with E-state index in [1.807, 2.05) is 0 Å². The monoisotopic (exact) mass is 309 g/mol. The zero-order chi connectivity index (χ0) is 12.5. The third-order valence-corrected chi connectivity index (χ3v) is 3.14. The van der Waals surface area contributed by atoms with Crippen LogP contribution in [0.25, 0.3) is 0 Å². The Morgan fingerprint density at radius 2 is 2.06 bits per heavy atom. The zero-order valence-electron chi connectivity index (χ0n) is 8.85. The molecule has 1 aliphatic rings. The van der Waals surface area contributed by atoms with Crippen molar-refractivity contribution in [2.75, 3.05) is 11.9 Å². The highest BCUT2D eigenvalue weighted by atomic mass is 79.9. The van der Waals surface area contributed by atoms with Crippen molar-refractivity contribution in [3.8, 4) is 5.75 Å². The topological polar surface area (TPSA) is 21.3 Å².